The van der Waals surface area contributed by atoms with Crippen LogP contribution in [0.1, 0.15) is 56.8 Å². The first-order valence-electron chi connectivity index (χ1n) is 10.2. The molecule has 0 aromatic heterocycles. The first-order chi connectivity index (χ1) is 15.0. The molecule has 0 N–H and O–H groups in total. The molecule has 8 heteroatoms. The van der Waals surface area contributed by atoms with E-state index in [9.17, 15) is 19.2 Å². The molecule has 2 aliphatic heterocycles. The number of nitrogens with zero attached hydrogens (tertiary/aromatic N) is 2. The number of para-hydroxylation sites is 1. The van der Waals surface area contributed by atoms with Gasteiger partial charge in [-0.3, -0.25) is 14.4 Å². The molecule has 3 amide bonds. The minimum absolute atomic E-state index is 0.0956. The fourth-order valence-electron chi connectivity index (χ4n) is 3.84. The predicted octanol–water partition coefficient (Wildman–Crippen LogP) is 3.70. The van der Waals surface area contributed by atoms with E-state index in [0.29, 0.717) is 13.1 Å². The van der Waals surface area contributed by atoms with Crippen molar-refractivity contribution in [1.82, 2.24) is 4.90 Å². The standard InChI is InChI=1S/C23H21ClN2O5/c24-18-7-3-4-8-19(18)26-21(28)16-10-9-15(13-17(16)22(26)29)23(30)31-14-20(27)25-11-5-1-2-6-12-25/h3-4,7-10,13H,1-2,5-6,11-12,14H2. The van der Waals surface area contributed by atoms with Gasteiger partial charge in [-0.25, -0.2) is 9.69 Å². The number of hydrogen-bond donors (Lipinski definition) is 0. The number of amides is 3. The Morgan fingerprint density at radius 2 is 1.58 bits per heavy atom. The van der Waals surface area contributed by atoms with E-state index in [1.54, 1.807) is 29.2 Å². The van der Waals surface area contributed by atoms with Crippen LogP contribution in [0, 0.1) is 0 Å². The van der Waals surface area contributed by atoms with Gasteiger partial charge in [0.25, 0.3) is 17.7 Å². The second kappa shape index (κ2) is 8.89. The number of esters is 1. The maximum atomic E-state index is 12.9. The number of rotatable bonds is 4. The summed E-state index contributed by atoms with van der Waals surface area (Å²) in [6.07, 6.45) is 4.08. The summed E-state index contributed by atoms with van der Waals surface area (Å²) in [4.78, 5) is 53.1. The van der Waals surface area contributed by atoms with Crippen LogP contribution in [0.4, 0.5) is 5.69 Å². The molecule has 0 unspecified atom stereocenters. The number of hydrogen-bond acceptors (Lipinski definition) is 5. The molecule has 31 heavy (non-hydrogen) atoms. The largest absolute Gasteiger partial charge is 0.452 e. The highest BCUT2D eigenvalue weighted by Crippen LogP contribution is 2.33. The highest BCUT2D eigenvalue weighted by molar-refractivity contribution is 6.39. The van der Waals surface area contributed by atoms with Gasteiger partial charge < -0.3 is 9.64 Å². The summed E-state index contributed by atoms with van der Waals surface area (Å²) < 4.78 is 5.18. The van der Waals surface area contributed by atoms with Gasteiger partial charge in [-0.05, 0) is 43.2 Å². The molecule has 160 valence electrons. The first-order valence-corrected chi connectivity index (χ1v) is 10.6. The minimum atomic E-state index is -0.720. The normalized spacial score (nSPS) is 16.2. The molecule has 0 radical (unpaired) electrons. The minimum Gasteiger partial charge on any atom is -0.452 e. The lowest BCUT2D eigenvalue weighted by Crippen LogP contribution is -2.35. The topological polar surface area (TPSA) is 84.0 Å². The molecule has 1 fully saturated rings. The van der Waals surface area contributed by atoms with Crippen LogP contribution in [0.15, 0.2) is 42.5 Å². The number of carbonyl (C=O) groups is 4. The smallest absolute Gasteiger partial charge is 0.338 e. The Balaban J connectivity index is 1.47. The monoisotopic (exact) mass is 440 g/mol. The zero-order valence-corrected chi connectivity index (χ0v) is 17.6. The number of imide groups is 1. The molecule has 0 saturated carbocycles. The van der Waals surface area contributed by atoms with Crippen molar-refractivity contribution in [2.24, 2.45) is 0 Å². The van der Waals surface area contributed by atoms with Gasteiger partial charge in [0, 0.05) is 13.1 Å². The average molecular weight is 441 g/mol. The second-order valence-electron chi connectivity index (χ2n) is 7.53. The number of likely N-dealkylation sites (tertiary alicyclic amines) is 1. The van der Waals surface area contributed by atoms with E-state index < -0.39 is 17.8 Å². The van der Waals surface area contributed by atoms with Crippen LogP contribution in [0.2, 0.25) is 5.02 Å². The predicted molar refractivity (Wildman–Crippen MR) is 114 cm³/mol. The van der Waals surface area contributed by atoms with Crippen LogP contribution < -0.4 is 4.90 Å². The molecule has 2 heterocycles. The molecule has 4 rings (SSSR count). The number of anilines is 1. The summed E-state index contributed by atoms with van der Waals surface area (Å²) in [6, 6.07) is 10.7. The van der Waals surface area contributed by atoms with Gasteiger partial charge in [0.1, 0.15) is 0 Å². The number of benzene rings is 2. The Labute approximate surface area is 184 Å². The van der Waals surface area contributed by atoms with Crippen molar-refractivity contribution in [1.29, 1.82) is 0 Å². The number of carbonyl (C=O) groups excluding carboxylic acids is 4. The van der Waals surface area contributed by atoms with Crippen molar-refractivity contribution in [2.45, 2.75) is 25.7 Å². The number of fused-ring (bicyclic) bond motifs is 1. The molecule has 0 atom stereocenters. The third kappa shape index (κ3) is 4.18. The van der Waals surface area contributed by atoms with Gasteiger partial charge in [0.15, 0.2) is 6.61 Å². The molecule has 2 aromatic carbocycles. The van der Waals surface area contributed by atoms with Crippen molar-refractivity contribution >= 4 is 41.0 Å². The molecular formula is C23H21ClN2O5. The highest BCUT2D eigenvalue weighted by atomic mass is 35.5. The van der Waals surface area contributed by atoms with Gasteiger partial charge >= 0.3 is 5.97 Å². The van der Waals surface area contributed by atoms with E-state index in [0.717, 1.165) is 30.6 Å². The van der Waals surface area contributed by atoms with Gasteiger partial charge in [-0.2, -0.15) is 0 Å². The Morgan fingerprint density at radius 1 is 0.903 bits per heavy atom. The lowest BCUT2D eigenvalue weighted by molar-refractivity contribution is -0.134. The summed E-state index contributed by atoms with van der Waals surface area (Å²) in [6.45, 7) is 0.988. The van der Waals surface area contributed by atoms with Gasteiger partial charge in [0.05, 0.1) is 27.4 Å². The van der Waals surface area contributed by atoms with Crippen LogP contribution in [-0.4, -0.2) is 48.3 Å². The first kappa shape index (κ1) is 21.1. The summed E-state index contributed by atoms with van der Waals surface area (Å²) >= 11 is 6.15. The molecule has 7 nitrogen and oxygen atoms in total. The van der Waals surface area contributed by atoms with E-state index in [-0.39, 0.29) is 39.9 Å². The fourth-order valence-corrected chi connectivity index (χ4v) is 4.06. The molecule has 2 aromatic rings. The summed E-state index contributed by atoms with van der Waals surface area (Å²) in [5.41, 5.74) is 0.660. The van der Waals surface area contributed by atoms with Crippen LogP contribution in [0.5, 0.6) is 0 Å². The van der Waals surface area contributed by atoms with Crippen molar-refractivity contribution in [3.05, 3.63) is 64.2 Å². The summed E-state index contributed by atoms with van der Waals surface area (Å²) in [7, 11) is 0. The van der Waals surface area contributed by atoms with Crippen LogP contribution in [0.25, 0.3) is 0 Å². The van der Waals surface area contributed by atoms with Crippen molar-refractivity contribution in [3.63, 3.8) is 0 Å². The van der Waals surface area contributed by atoms with Crippen molar-refractivity contribution in [3.8, 4) is 0 Å². The van der Waals surface area contributed by atoms with Crippen LogP contribution in [0.3, 0.4) is 0 Å². The Kier molecular flexibility index (Phi) is 6.04. The van der Waals surface area contributed by atoms with E-state index in [1.807, 2.05) is 0 Å². The van der Waals surface area contributed by atoms with Crippen molar-refractivity contribution in [2.75, 3.05) is 24.6 Å². The lowest BCUT2D eigenvalue weighted by Gasteiger charge is -2.19. The van der Waals surface area contributed by atoms with E-state index >= 15 is 0 Å². The molecule has 1 saturated heterocycles. The molecule has 0 spiro atoms. The van der Waals surface area contributed by atoms with E-state index in [4.69, 9.17) is 16.3 Å². The molecule has 0 bridgehead atoms. The Bertz CT molecular complexity index is 1060. The molecule has 0 aliphatic carbocycles. The maximum Gasteiger partial charge on any atom is 0.338 e. The number of halogens is 1. The van der Waals surface area contributed by atoms with Crippen LogP contribution in [-0.2, 0) is 9.53 Å². The van der Waals surface area contributed by atoms with Gasteiger partial charge in [0.2, 0.25) is 0 Å². The average Bonchev–Trinajstić information content (AvgIpc) is 2.96. The van der Waals surface area contributed by atoms with Crippen LogP contribution >= 0.6 is 11.6 Å². The zero-order chi connectivity index (χ0) is 22.0. The van der Waals surface area contributed by atoms with E-state index in [2.05, 4.69) is 0 Å². The van der Waals surface area contributed by atoms with E-state index in [1.165, 1.54) is 18.2 Å². The lowest BCUT2D eigenvalue weighted by atomic mass is 10.1. The third-order valence-corrected chi connectivity index (χ3v) is 5.82. The molecular weight excluding hydrogens is 420 g/mol. The Morgan fingerprint density at radius 3 is 2.29 bits per heavy atom. The highest BCUT2D eigenvalue weighted by Gasteiger charge is 2.38. The number of ether oxygens (including phenoxy) is 1. The molecule has 2 aliphatic rings. The maximum absolute atomic E-state index is 12.9. The SMILES string of the molecule is O=C(OCC(=O)N1CCCCCC1)c1ccc2c(c1)C(=O)N(c1ccccc1Cl)C2=O. The summed E-state index contributed by atoms with van der Waals surface area (Å²) in [5.74, 6) is -2.03. The third-order valence-electron chi connectivity index (χ3n) is 5.50. The fraction of sp³-hybridized carbons (Fsp3) is 0.304. The van der Waals surface area contributed by atoms with Crippen molar-refractivity contribution < 1.29 is 23.9 Å². The summed E-state index contributed by atoms with van der Waals surface area (Å²) in [5, 5.41) is 0.267. The van der Waals surface area contributed by atoms with Gasteiger partial charge in [-0.15, -0.1) is 0 Å². The zero-order valence-electron chi connectivity index (χ0n) is 16.8. The van der Waals surface area contributed by atoms with Gasteiger partial charge in [-0.1, -0.05) is 36.6 Å². The second-order valence-corrected chi connectivity index (χ2v) is 7.94. The Hall–Kier alpha value is -3.19. The quantitative estimate of drug-likeness (QED) is 0.534.